The van der Waals surface area contributed by atoms with Crippen LogP contribution >= 0.6 is 12.2 Å². The van der Waals surface area contributed by atoms with Crippen molar-refractivity contribution in [3.8, 4) is 0 Å². The molecule has 0 aliphatic heterocycles. The number of esters is 1. The number of carbonyl (C=O) groups excluding carboxylic acids is 1. The molecule has 4 heteroatoms. The van der Waals surface area contributed by atoms with Crippen LogP contribution in [-0.2, 0) is 16.0 Å². The molecule has 0 unspecified atom stereocenters. The van der Waals surface area contributed by atoms with Gasteiger partial charge in [-0.25, -0.2) is 0 Å². The molecule has 1 aromatic rings. The number of ether oxygens (including phenoxy) is 1. The third-order valence-corrected chi connectivity index (χ3v) is 3.01. The van der Waals surface area contributed by atoms with E-state index in [9.17, 15) is 4.79 Å². The Labute approximate surface area is 107 Å². The number of rotatable bonds is 5. The fraction of sp³-hybridized carbons (Fsp3) is 0.385. The van der Waals surface area contributed by atoms with Crippen LogP contribution in [0.15, 0.2) is 30.3 Å². The molecule has 0 fully saturated rings. The smallest absolute Gasteiger partial charge is 0.325 e. The highest BCUT2D eigenvalue weighted by atomic mass is 32.1. The van der Waals surface area contributed by atoms with E-state index in [2.05, 4.69) is 22.2 Å². The predicted octanol–water partition coefficient (Wildman–Crippen LogP) is 1.96. The second-order valence-electron chi connectivity index (χ2n) is 3.88. The van der Waals surface area contributed by atoms with Gasteiger partial charge in [0.15, 0.2) is 0 Å². The summed E-state index contributed by atoms with van der Waals surface area (Å²) in [6.07, 6.45) is 0.869. The van der Waals surface area contributed by atoms with E-state index < -0.39 is 0 Å². The Bertz CT molecular complexity index is 378. The number of hydrogen-bond acceptors (Lipinski definition) is 3. The van der Waals surface area contributed by atoms with Crippen molar-refractivity contribution in [3.05, 3.63) is 35.9 Å². The van der Waals surface area contributed by atoms with Crippen LogP contribution in [0.3, 0.4) is 0 Å². The SMILES string of the molecule is COC(=O)CNC(=S)[C@@H](C)Cc1ccccc1. The van der Waals surface area contributed by atoms with E-state index in [1.807, 2.05) is 25.1 Å². The fourth-order valence-electron chi connectivity index (χ4n) is 1.47. The summed E-state index contributed by atoms with van der Waals surface area (Å²) < 4.78 is 4.54. The average Bonchev–Trinajstić information content (AvgIpc) is 2.36. The van der Waals surface area contributed by atoms with Crippen LogP contribution in [0.1, 0.15) is 12.5 Å². The first-order valence-electron chi connectivity index (χ1n) is 5.52. The first kappa shape index (κ1) is 13.6. The highest BCUT2D eigenvalue weighted by molar-refractivity contribution is 7.80. The van der Waals surface area contributed by atoms with Gasteiger partial charge in [0, 0.05) is 5.92 Å². The first-order chi connectivity index (χ1) is 8.13. The molecule has 0 spiro atoms. The lowest BCUT2D eigenvalue weighted by Crippen LogP contribution is -2.33. The Morgan fingerprint density at radius 1 is 1.41 bits per heavy atom. The molecule has 17 heavy (non-hydrogen) atoms. The molecule has 0 aliphatic rings. The second kappa shape index (κ2) is 7.01. The van der Waals surface area contributed by atoms with E-state index in [-0.39, 0.29) is 18.4 Å². The maximum atomic E-state index is 11.0. The number of nitrogens with one attached hydrogen (secondary N) is 1. The standard InChI is InChI=1S/C13H17NO2S/c1-10(8-11-6-4-3-5-7-11)13(17)14-9-12(15)16-2/h3-7,10H,8-9H2,1-2H3,(H,14,17)/t10-/m0/s1. The maximum Gasteiger partial charge on any atom is 0.325 e. The normalized spacial score (nSPS) is 11.6. The van der Waals surface area contributed by atoms with Gasteiger partial charge < -0.3 is 10.1 Å². The summed E-state index contributed by atoms with van der Waals surface area (Å²) in [6.45, 7) is 2.17. The molecule has 92 valence electrons. The van der Waals surface area contributed by atoms with Crippen LogP contribution in [0.5, 0.6) is 0 Å². The Morgan fingerprint density at radius 2 is 2.06 bits per heavy atom. The Balaban J connectivity index is 2.40. The van der Waals surface area contributed by atoms with Crippen LogP contribution < -0.4 is 5.32 Å². The predicted molar refractivity (Wildman–Crippen MR) is 71.9 cm³/mol. The minimum atomic E-state index is -0.306. The summed E-state index contributed by atoms with van der Waals surface area (Å²) in [5.74, 6) is -0.101. The van der Waals surface area contributed by atoms with Crippen LogP contribution in [-0.4, -0.2) is 24.6 Å². The highest BCUT2D eigenvalue weighted by Crippen LogP contribution is 2.08. The molecule has 1 atom stereocenters. The van der Waals surface area contributed by atoms with Gasteiger partial charge in [-0.05, 0) is 12.0 Å². The largest absolute Gasteiger partial charge is 0.468 e. The molecule has 0 aliphatic carbocycles. The summed E-state index contributed by atoms with van der Waals surface area (Å²) in [5, 5.41) is 2.91. The van der Waals surface area contributed by atoms with Crippen molar-refractivity contribution >= 4 is 23.2 Å². The van der Waals surface area contributed by atoms with Crippen molar-refractivity contribution in [1.29, 1.82) is 0 Å². The van der Waals surface area contributed by atoms with E-state index >= 15 is 0 Å². The summed E-state index contributed by atoms with van der Waals surface area (Å²) >= 11 is 5.22. The van der Waals surface area contributed by atoms with Crippen molar-refractivity contribution in [1.82, 2.24) is 5.32 Å². The summed E-state index contributed by atoms with van der Waals surface area (Å²) in [7, 11) is 1.36. The van der Waals surface area contributed by atoms with Crippen molar-refractivity contribution in [3.63, 3.8) is 0 Å². The minimum Gasteiger partial charge on any atom is -0.468 e. The number of benzene rings is 1. The average molecular weight is 251 g/mol. The zero-order valence-corrected chi connectivity index (χ0v) is 10.9. The minimum absolute atomic E-state index is 0.133. The van der Waals surface area contributed by atoms with E-state index in [0.29, 0.717) is 4.99 Å². The van der Waals surface area contributed by atoms with E-state index in [1.54, 1.807) is 0 Å². The Morgan fingerprint density at radius 3 is 2.65 bits per heavy atom. The van der Waals surface area contributed by atoms with Crippen LogP contribution in [0.2, 0.25) is 0 Å². The van der Waals surface area contributed by atoms with Crippen LogP contribution in [0.4, 0.5) is 0 Å². The van der Waals surface area contributed by atoms with E-state index in [4.69, 9.17) is 12.2 Å². The molecule has 0 saturated carbocycles. The second-order valence-corrected chi connectivity index (χ2v) is 4.32. The summed E-state index contributed by atoms with van der Waals surface area (Å²) in [5.41, 5.74) is 1.24. The van der Waals surface area contributed by atoms with Crippen LogP contribution in [0, 0.1) is 5.92 Å². The molecule has 1 N–H and O–H groups in total. The highest BCUT2D eigenvalue weighted by Gasteiger charge is 2.10. The topological polar surface area (TPSA) is 38.3 Å². The molecule has 0 amide bonds. The number of hydrogen-bond donors (Lipinski definition) is 1. The third-order valence-electron chi connectivity index (χ3n) is 2.47. The molecule has 0 radical (unpaired) electrons. The summed E-state index contributed by atoms with van der Waals surface area (Å²) in [6, 6.07) is 10.1. The summed E-state index contributed by atoms with van der Waals surface area (Å²) in [4.78, 5) is 11.6. The zero-order chi connectivity index (χ0) is 12.7. The molecule has 0 heterocycles. The molecule has 1 rings (SSSR count). The van der Waals surface area contributed by atoms with Gasteiger partial charge in [-0.3, -0.25) is 4.79 Å². The Hall–Kier alpha value is -1.42. The van der Waals surface area contributed by atoms with Gasteiger partial charge in [0.25, 0.3) is 0 Å². The maximum absolute atomic E-state index is 11.0. The van der Waals surface area contributed by atoms with Gasteiger partial charge in [0.2, 0.25) is 0 Å². The van der Waals surface area contributed by atoms with E-state index in [0.717, 1.165) is 6.42 Å². The van der Waals surface area contributed by atoms with E-state index in [1.165, 1.54) is 12.7 Å². The number of methoxy groups -OCH3 is 1. The molecule has 0 aromatic heterocycles. The lowest BCUT2D eigenvalue weighted by molar-refractivity contribution is -0.139. The van der Waals surface area contributed by atoms with Crippen LogP contribution in [0.25, 0.3) is 0 Å². The van der Waals surface area contributed by atoms with Gasteiger partial charge in [-0.15, -0.1) is 0 Å². The van der Waals surface area contributed by atoms with Crippen molar-refractivity contribution in [2.24, 2.45) is 5.92 Å². The number of carbonyl (C=O) groups is 1. The van der Waals surface area contributed by atoms with Gasteiger partial charge in [0.1, 0.15) is 6.54 Å². The van der Waals surface area contributed by atoms with Gasteiger partial charge in [-0.1, -0.05) is 49.5 Å². The first-order valence-corrected chi connectivity index (χ1v) is 5.92. The van der Waals surface area contributed by atoms with Gasteiger partial charge in [-0.2, -0.15) is 0 Å². The molecule has 0 saturated heterocycles. The monoisotopic (exact) mass is 251 g/mol. The van der Waals surface area contributed by atoms with Crippen molar-refractivity contribution < 1.29 is 9.53 Å². The molecule has 3 nitrogen and oxygen atoms in total. The number of thiocarbonyl (C=S) groups is 1. The third kappa shape index (κ3) is 4.95. The lowest BCUT2D eigenvalue weighted by Gasteiger charge is -2.14. The van der Waals surface area contributed by atoms with Gasteiger partial charge in [0.05, 0.1) is 12.1 Å². The quantitative estimate of drug-likeness (QED) is 0.641. The molecular weight excluding hydrogens is 234 g/mol. The van der Waals surface area contributed by atoms with Gasteiger partial charge >= 0.3 is 5.97 Å². The van der Waals surface area contributed by atoms with Crippen molar-refractivity contribution in [2.75, 3.05) is 13.7 Å². The molecular formula is C13H17NO2S. The van der Waals surface area contributed by atoms with Crippen molar-refractivity contribution in [2.45, 2.75) is 13.3 Å². The zero-order valence-electron chi connectivity index (χ0n) is 10.1. The molecule has 1 aromatic carbocycles. The Kier molecular flexibility index (Phi) is 5.63. The lowest BCUT2D eigenvalue weighted by atomic mass is 10.0. The fourth-order valence-corrected chi connectivity index (χ4v) is 1.62. The molecule has 0 bridgehead atoms.